The Morgan fingerprint density at radius 2 is 1.93 bits per heavy atom. The molecular weight excluding hydrogens is 382 g/mol. The fraction of sp³-hybridized carbons (Fsp3) is 0.652. The van der Waals surface area contributed by atoms with E-state index < -0.39 is 5.54 Å². The monoisotopic (exact) mass is 415 g/mol. The quantitative estimate of drug-likeness (QED) is 0.734. The summed E-state index contributed by atoms with van der Waals surface area (Å²) in [6.07, 6.45) is 7.92. The summed E-state index contributed by atoms with van der Waals surface area (Å²) in [6, 6.07) is 4.38. The zero-order valence-corrected chi connectivity index (χ0v) is 18.9. The Morgan fingerprint density at radius 1 is 1.24 bits per heavy atom. The van der Waals surface area contributed by atoms with E-state index in [0.29, 0.717) is 12.2 Å². The zero-order chi connectivity index (χ0) is 20.8. The average molecular weight is 416 g/mol. The van der Waals surface area contributed by atoms with Crippen LogP contribution in [0.4, 0.5) is 0 Å². The summed E-state index contributed by atoms with van der Waals surface area (Å²) in [5.74, 6) is -0.0453. The van der Waals surface area contributed by atoms with Crippen LogP contribution in [0.15, 0.2) is 12.1 Å². The molecule has 1 N–H and O–H groups in total. The van der Waals surface area contributed by atoms with Crippen LogP contribution in [0.1, 0.15) is 81.6 Å². The fourth-order valence-corrected chi connectivity index (χ4v) is 6.14. The van der Waals surface area contributed by atoms with Crippen molar-refractivity contribution < 1.29 is 9.59 Å². The summed E-state index contributed by atoms with van der Waals surface area (Å²) in [6.45, 7) is 8.61. The Kier molecular flexibility index (Phi) is 5.49. The minimum absolute atomic E-state index is 0.00936. The second-order valence-corrected chi connectivity index (χ2v) is 10.3. The second-order valence-electron chi connectivity index (χ2n) is 9.14. The molecule has 1 aliphatic carbocycles. The summed E-state index contributed by atoms with van der Waals surface area (Å²) in [4.78, 5) is 30.2. The van der Waals surface area contributed by atoms with E-state index in [0.717, 1.165) is 29.5 Å². The third-order valence-corrected chi connectivity index (χ3v) is 7.84. The summed E-state index contributed by atoms with van der Waals surface area (Å²) >= 11 is 1.75. The number of nitrogens with zero attached hydrogens (tertiary/aromatic N) is 2. The van der Waals surface area contributed by atoms with Gasteiger partial charge in [0.25, 0.3) is 5.91 Å². The molecule has 2 amide bonds. The molecule has 2 aromatic heterocycles. The van der Waals surface area contributed by atoms with Gasteiger partial charge in [0.2, 0.25) is 5.91 Å². The van der Waals surface area contributed by atoms with Gasteiger partial charge in [-0.3, -0.25) is 9.59 Å². The van der Waals surface area contributed by atoms with E-state index in [9.17, 15) is 9.59 Å². The first kappa shape index (κ1) is 20.5. The first-order chi connectivity index (χ1) is 13.8. The Balaban J connectivity index is 1.70. The van der Waals surface area contributed by atoms with Gasteiger partial charge in [-0.2, -0.15) is 0 Å². The summed E-state index contributed by atoms with van der Waals surface area (Å²) in [7, 11) is 0. The van der Waals surface area contributed by atoms with Crippen molar-refractivity contribution in [1.82, 2.24) is 14.8 Å². The molecule has 6 heteroatoms. The van der Waals surface area contributed by atoms with Crippen LogP contribution in [-0.4, -0.2) is 38.9 Å². The van der Waals surface area contributed by atoms with E-state index in [2.05, 4.69) is 22.9 Å². The molecule has 3 heterocycles. The lowest BCUT2D eigenvalue weighted by atomic mass is 9.92. The molecule has 1 atom stereocenters. The van der Waals surface area contributed by atoms with Crippen LogP contribution in [0.5, 0.6) is 0 Å². The van der Waals surface area contributed by atoms with Crippen LogP contribution in [0.25, 0.3) is 10.2 Å². The lowest BCUT2D eigenvalue weighted by Crippen LogP contribution is -2.66. The number of amides is 2. The largest absolute Gasteiger partial charge is 0.351 e. The molecule has 4 rings (SSSR count). The fourth-order valence-electron chi connectivity index (χ4n) is 5.10. The molecule has 1 aliphatic heterocycles. The maximum atomic E-state index is 13.6. The van der Waals surface area contributed by atoms with Gasteiger partial charge in [0, 0.05) is 17.0 Å². The van der Waals surface area contributed by atoms with Gasteiger partial charge in [0.05, 0.1) is 16.8 Å². The van der Waals surface area contributed by atoms with E-state index in [4.69, 9.17) is 0 Å². The summed E-state index contributed by atoms with van der Waals surface area (Å²) in [5.41, 5.74) is 0.916. The highest BCUT2D eigenvalue weighted by Gasteiger charge is 2.49. The van der Waals surface area contributed by atoms with Crippen molar-refractivity contribution in [2.24, 2.45) is 0 Å². The van der Waals surface area contributed by atoms with Crippen LogP contribution in [0.2, 0.25) is 0 Å². The van der Waals surface area contributed by atoms with Gasteiger partial charge in [0.1, 0.15) is 11.2 Å². The number of carbonyl (C=O) groups is 2. The number of rotatable bonds is 4. The van der Waals surface area contributed by atoms with Crippen molar-refractivity contribution >= 4 is 33.4 Å². The highest BCUT2D eigenvalue weighted by Crippen LogP contribution is 2.37. The molecule has 5 nitrogen and oxygen atoms in total. The minimum atomic E-state index is -0.884. The molecule has 0 bridgehead atoms. The van der Waals surface area contributed by atoms with Crippen LogP contribution in [0, 0.1) is 0 Å². The van der Waals surface area contributed by atoms with Gasteiger partial charge in [-0.05, 0) is 52.2 Å². The molecule has 2 aliphatic rings. The Morgan fingerprint density at radius 3 is 2.55 bits per heavy atom. The molecular formula is C23H33N3O2S. The Bertz CT molecular complexity index is 920. The van der Waals surface area contributed by atoms with Gasteiger partial charge >= 0.3 is 0 Å². The third kappa shape index (κ3) is 3.49. The number of aryl methyl sites for hydroxylation is 1. The highest BCUT2D eigenvalue weighted by atomic mass is 32.1. The van der Waals surface area contributed by atoms with E-state index in [1.54, 1.807) is 16.2 Å². The molecule has 2 aromatic rings. The van der Waals surface area contributed by atoms with Crippen molar-refractivity contribution in [3.63, 3.8) is 0 Å². The Hall–Kier alpha value is -1.82. The molecule has 0 saturated heterocycles. The molecule has 0 spiro atoms. The Labute approximate surface area is 177 Å². The maximum Gasteiger partial charge on any atom is 0.271 e. The predicted molar refractivity (Wildman–Crippen MR) is 119 cm³/mol. The number of thiophene rings is 1. The van der Waals surface area contributed by atoms with E-state index in [1.165, 1.54) is 30.6 Å². The lowest BCUT2D eigenvalue weighted by molar-refractivity contribution is -0.134. The van der Waals surface area contributed by atoms with Crippen molar-refractivity contribution in [2.45, 2.75) is 96.8 Å². The van der Waals surface area contributed by atoms with Gasteiger partial charge < -0.3 is 14.8 Å². The third-order valence-electron chi connectivity index (χ3n) is 6.62. The number of carbonyl (C=O) groups excluding carboxylic acids is 2. The molecule has 0 radical (unpaired) electrons. The van der Waals surface area contributed by atoms with Crippen molar-refractivity contribution in [2.75, 3.05) is 0 Å². The number of fused-ring (bicyclic) bond motifs is 3. The van der Waals surface area contributed by atoms with Gasteiger partial charge in [-0.1, -0.05) is 32.6 Å². The van der Waals surface area contributed by atoms with Gasteiger partial charge in [-0.25, -0.2) is 0 Å². The number of aromatic nitrogens is 1. The number of nitrogens with one attached hydrogen (secondary N) is 1. The summed E-state index contributed by atoms with van der Waals surface area (Å²) in [5, 5.41) is 3.32. The first-order valence-corrected chi connectivity index (χ1v) is 11.9. The van der Waals surface area contributed by atoms with Crippen molar-refractivity contribution in [3.8, 4) is 0 Å². The maximum absolute atomic E-state index is 13.6. The van der Waals surface area contributed by atoms with Gasteiger partial charge in [0.15, 0.2) is 0 Å². The lowest BCUT2D eigenvalue weighted by Gasteiger charge is -2.46. The molecule has 0 aromatic carbocycles. The first-order valence-electron chi connectivity index (χ1n) is 11.1. The SMILES string of the molecule is CCc1cc2c(cc3n2CC(C)(C(=O)NC2CCCCCC2)N(C(C)C)C3=O)s1. The molecule has 29 heavy (non-hydrogen) atoms. The van der Waals surface area contributed by atoms with Crippen molar-refractivity contribution in [1.29, 1.82) is 0 Å². The molecule has 158 valence electrons. The van der Waals surface area contributed by atoms with E-state index >= 15 is 0 Å². The smallest absolute Gasteiger partial charge is 0.271 e. The van der Waals surface area contributed by atoms with Crippen LogP contribution in [0.3, 0.4) is 0 Å². The molecule has 1 saturated carbocycles. The standard InChI is InChI=1S/C23H33N3O2S/c1-5-17-12-18-20(29-17)13-19-21(27)26(15(2)3)23(4,14-25(18)19)22(28)24-16-10-8-6-7-9-11-16/h12-13,15-16H,5-11,14H2,1-4H3,(H,24,28). The topological polar surface area (TPSA) is 54.3 Å². The zero-order valence-electron chi connectivity index (χ0n) is 18.1. The van der Waals surface area contributed by atoms with Gasteiger partial charge in [-0.15, -0.1) is 11.3 Å². The number of hydrogen-bond acceptors (Lipinski definition) is 3. The number of hydrogen-bond donors (Lipinski definition) is 1. The van der Waals surface area contributed by atoms with Crippen molar-refractivity contribution in [3.05, 3.63) is 22.7 Å². The normalized spacial score (nSPS) is 23.5. The molecule has 1 fully saturated rings. The summed E-state index contributed by atoms with van der Waals surface area (Å²) < 4.78 is 3.22. The predicted octanol–water partition coefficient (Wildman–Crippen LogP) is 4.73. The second kappa shape index (κ2) is 7.78. The van der Waals surface area contributed by atoms with Crippen LogP contribution >= 0.6 is 11.3 Å². The van der Waals surface area contributed by atoms with E-state index in [-0.39, 0.29) is 23.9 Å². The minimum Gasteiger partial charge on any atom is -0.351 e. The van der Waals surface area contributed by atoms with Crippen LogP contribution in [-0.2, 0) is 17.8 Å². The van der Waals surface area contributed by atoms with Crippen LogP contribution < -0.4 is 5.32 Å². The van der Waals surface area contributed by atoms with E-state index in [1.807, 2.05) is 26.8 Å². The average Bonchev–Trinajstić information content (AvgIpc) is 3.11. The highest BCUT2D eigenvalue weighted by molar-refractivity contribution is 7.19. The molecule has 1 unspecified atom stereocenters.